The van der Waals surface area contributed by atoms with Gasteiger partial charge in [0.1, 0.15) is 5.75 Å². The Morgan fingerprint density at radius 2 is 1.81 bits per heavy atom. The predicted octanol–water partition coefficient (Wildman–Crippen LogP) is 2.99. The molecular weight excluding hydrogens is 198 g/mol. The summed E-state index contributed by atoms with van der Waals surface area (Å²) in [7, 11) is 0. The number of hydrogen-bond donors (Lipinski definition) is 1. The first kappa shape index (κ1) is 13.0. The fourth-order valence-corrected chi connectivity index (χ4v) is 1.75. The summed E-state index contributed by atoms with van der Waals surface area (Å²) in [6.45, 7) is 7.93. The van der Waals surface area contributed by atoms with Crippen molar-refractivity contribution in [3.63, 3.8) is 0 Å². The van der Waals surface area contributed by atoms with Crippen LogP contribution in [0.25, 0.3) is 0 Å². The van der Waals surface area contributed by atoms with Crippen LogP contribution in [0.4, 0.5) is 0 Å². The minimum Gasteiger partial charge on any atom is -0.493 e. The van der Waals surface area contributed by atoms with Crippen molar-refractivity contribution < 1.29 is 4.74 Å². The van der Waals surface area contributed by atoms with Gasteiger partial charge in [-0.1, -0.05) is 31.5 Å². The molecule has 0 aliphatic carbocycles. The number of aryl methyl sites for hydroxylation is 1. The highest BCUT2D eigenvalue weighted by molar-refractivity contribution is 5.26. The molecule has 1 atom stereocenters. The maximum absolute atomic E-state index is 5.73. The van der Waals surface area contributed by atoms with Crippen molar-refractivity contribution >= 4 is 0 Å². The van der Waals surface area contributed by atoms with Gasteiger partial charge < -0.3 is 10.5 Å². The number of rotatable bonds is 6. The lowest BCUT2D eigenvalue weighted by atomic mass is 9.98. The second kappa shape index (κ2) is 6.54. The lowest BCUT2D eigenvalue weighted by Crippen LogP contribution is -2.23. The molecule has 16 heavy (non-hydrogen) atoms. The van der Waals surface area contributed by atoms with Crippen molar-refractivity contribution in [3.05, 3.63) is 29.8 Å². The van der Waals surface area contributed by atoms with Crippen LogP contribution in [0.5, 0.6) is 5.75 Å². The van der Waals surface area contributed by atoms with Crippen molar-refractivity contribution in [1.82, 2.24) is 0 Å². The number of nitrogens with two attached hydrogens (primary N) is 1. The summed E-state index contributed by atoms with van der Waals surface area (Å²) < 4.78 is 5.73. The molecule has 0 aromatic heterocycles. The first-order valence-electron chi connectivity index (χ1n) is 6.01. The van der Waals surface area contributed by atoms with Crippen LogP contribution < -0.4 is 10.5 Å². The maximum atomic E-state index is 5.73. The molecule has 1 rings (SSSR count). The van der Waals surface area contributed by atoms with Gasteiger partial charge in [-0.05, 0) is 37.9 Å². The number of hydrogen-bond acceptors (Lipinski definition) is 2. The number of benzene rings is 1. The van der Waals surface area contributed by atoms with Crippen LogP contribution in [-0.4, -0.2) is 13.2 Å². The molecule has 2 N–H and O–H groups in total. The van der Waals surface area contributed by atoms with Gasteiger partial charge in [0.15, 0.2) is 0 Å². The first-order chi connectivity index (χ1) is 7.61. The summed E-state index contributed by atoms with van der Waals surface area (Å²) in [5.41, 5.74) is 6.98. The molecular formula is C14H23NO. The second-order valence-electron chi connectivity index (χ2n) is 4.86. The molecule has 1 unspecified atom stereocenters. The monoisotopic (exact) mass is 221 g/mol. The van der Waals surface area contributed by atoms with E-state index in [9.17, 15) is 0 Å². The lowest BCUT2D eigenvalue weighted by Gasteiger charge is -2.17. The smallest absolute Gasteiger partial charge is 0.119 e. The summed E-state index contributed by atoms with van der Waals surface area (Å²) in [6.07, 6.45) is 1.13. The van der Waals surface area contributed by atoms with E-state index in [1.165, 1.54) is 5.56 Å². The van der Waals surface area contributed by atoms with Gasteiger partial charge in [0.05, 0.1) is 6.61 Å². The molecule has 0 aliphatic heterocycles. The Hall–Kier alpha value is -1.02. The summed E-state index contributed by atoms with van der Waals surface area (Å²) >= 11 is 0. The topological polar surface area (TPSA) is 35.2 Å². The van der Waals surface area contributed by atoms with Gasteiger partial charge in [-0.2, -0.15) is 0 Å². The Kier molecular flexibility index (Phi) is 5.33. The van der Waals surface area contributed by atoms with Crippen molar-refractivity contribution in [2.75, 3.05) is 13.2 Å². The minimum absolute atomic E-state index is 0.460. The van der Waals surface area contributed by atoms with Gasteiger partial charge in [-0.3, -0.25) is 0 Å². The van der Waals surface area contributed by atoms with Gasteiger partial charge in [0.25, 0.3) is 0 Å². The molecule has 2 heteroatoms. The van der Waals surface area contributed by atoms with E-state index >= 15 is 0 Å². The number of ether oxygens (including phenoxy) is 1. The fraction of sp³-hybridized carbons (Fsp3) is 0.571. The summed E-state index contributed by atoms with van der Waals surface area (Å²) in [5, 5.41) is 0. The Morgan fingerprint density at radius 1 is 1.19 bits per heavy atom. The largest absolute Gasteiger partial charge is 0.493 e. The Morgan fingerprint density at radius 3 is 2.31 bits per heavy atom. The Balaban J connectivity index is 2.40. The summed E-state index contributed by atoms with van der Waals surface area (Å²) in [6, 6.07) is 8.15. The third-order valence-corrected chi connectivity index (χ3v) is 2.64. The molecule has 0 saturated carbocycles. The third-order valence-electron chi connectivity index (χ3n) is 2.64. The Bertz CT molecular complexity index is 292. The van der Waals surface area contributed by atoms with Crippen LogP contribution in [-0.2, 0) is 0 Å². The van der Waals surface area contributed by atoms with Gasteiger partial charge in [-0.15, -0.1) is 0 Å². The molecule has 0 heterocycles. The van der Waals surface area contributed by atoms with Crippen LogP contribution in [0.3, 0.4) is 0 Å². The van der Waals surface area contributed by atoms with Crippen molar-refractivity contribution in [2.24, 2.45) is 17.6 Å². The zero-order chi connectivity index (χ0) is 12.0. The molecule has 90 valence electrons. The molecule has 2 nitrogen and oxygen atoms in total. The molecule has 0 aliphatic rings. The quantitative estimate of drug-likeness (QED) is 0.801. The predicted molar refractivity (Wildman–Crippen MR) is 68.7 cm³/mol. The van der Waals surface area contributed by atoms with E-state index in [-0.39, 0.29) is 0 Å². The van der Waals surface area contributed by atoms with Gasteiger partial charge >= 0.3 is 0 Å². The maximum Gasteiger partial charge on any atom is 0.119 e. The van der Waals surface area contributed by atoms with Crippen LogP contribution in [0.15, 0.2) is 24.3 Å². The first-order valence-corrected chi connectivity index (χ1v) is 6.01. The summed E-state index contributed by atoms with van der Waals surface area (Å²) in [4.78, 5) is 0. The molecule has 0 fully saturated rings. The van der Waals surface area contributed by atoms with Crippen LogP contribution in [0, 0.1) is 18.8 Å². The highest BCUT2D eigenvalue weighted by Gasteiger charge is 2.09. The molecule has 1 aromatic carbocycles. The van der Waals surface area contributed by atoms with E-state index in [2.05, 4.69) is 32.9 Å². The SMILES string of the molecule is Cc1ccc(OCC(CN)CC(C)C)cc1. The van der Waals surface area contributed by atoms with E-state index < -0.39 is 0 Å². The minimum atomic E-state index is 0.460. The van der Waals surface area contributed by atoms with Crippen molar-refractivity contribution in [2.45, 2.75) is 27.2 Å². The van der Waals surface area contributed by atoms with Crippen LogP contribution in [0.2, 0.25) is 0 Å². The highest BCUT2D eigenvalue weighted by Crippen LogP contribution is 2.15. The van der Waals surface area contributed by atoms with Gasteiger partial charge in [0, 0.05) is 5.92 Å². The standard InChI is InChI=1S/C14H23NO/c1-11(2)8-13(9-15)10-16-14-6-4-12(3)5-7-14/h4-7,11,13H,8-10,15H2,1-3H3. The zero-order valence-corrected chi connectivity index (χ0v) is 10.6. The second-order valence-corrected chi connectivity index (χ2v) is 4.86. The van der Waals surface area contributed by atoms with Gasteiger partial charge in [-0.25, -0.2) is 0 Å². The van der Waals surface area contributed by atoms with Crippen molar-refractivity contribution in [1.29, 1.82) is 0 Å². The molecule has 0 saturated heterocycles. The van der Waals surface area contributed by atoms with E-state index in [1.54, 1.807) is 0 Å². The van der Waals surface area contributed by atoms with E-state index in [0.717, 1.165) is 18.8 Å². The molecule has 1 aromatic rings. The average molecular weight is 221 g/mol. The third kappa shape index (κ3) is 4.67. The zero-order valence-electron chi connectivity index (χ0n) is 10.6. The Labute approximate surface area is 98.8 Å². The molecule has 0 radical (unpaired) electrons. The van der Waals surface area contributed by atoms with Crippen LogP contribution >= 0.6 is 0 Å². The van der Waals surface area contributed by atoms with Crippen LogP contribution in [0.1, 0.15) is 25.8 Å². The lowest BCUT2D eigenvalue weighted by molar-refractivity contribution is 0.230. The van der Waals surface area contributed by atoms with Crippen molar-refractivity contribution in [3.8, 4) is 5.75 Å². The average Bonchev–Trinajstić information content (AvgIpc) is 2.26. The molecule has 0 bridgehead atoms. The molecule has 0 spiro atoms. The molecule has 0 amide bonds. The van der Waals surface area contributed by atoms with E-state index in [4.69, 9.17) is 10.5 Å². The van der Waals surface area contributed by atoms with E-state index in [0.29, 0.717) is 18.4 Å². The highest BCUT2D eigenvalue weighted by atomic mass is 16.5. The summed E-state index contributed by atoms with van der Waals surface area (Å²) in [5.74, 6) is 2.07. The normalized spacial score (nSPS) is 12.8. The van der Waals surface area contributed by atoms with E-state index in [1.807, 2.05) is 12.1 Å². The fourth-order valence-electron chi connectivity index (χ4n) is 1.75. The van der Waals surface area contributed by atoms with Gasteiger partial charge in [0.2, 0.25) is 0 Å².